The van der Waals surface area contributed by atoms with E-state index in [-0.39, 0.29) is 12.3 Å². The van der Waals surface area contributed by atoms with Crippen molar-refractivity contribution in [3.8, 4) is 0 Å². The number of thiophene rings is 1. The Morgan fingerprint density at radius 1 is 1.26 bits per heavy atom. The molecule has 1 aromatic carbocycles. The molecule has 1 amide bonds. The predicted molar refractivity (Wildman–Crippen MR) is 94.1 cm³/mol. The van der Waals surface area contributed by atoms with Gasteiger partial charge in [-0.05, 0) is 35.9 Å². The van der Waals surface area contributed by atoms with Gasteiger partial charge in [0.25, 0.3) is 0 Å². The molecule has 0 fully saturated rings. The molecule has 0 saturated heterocycles. The van der Waals surface area contributed by atoms with Gasteiger partial charge in [0.2, 0.25) is 5.91 Å². The minimum absolute atomic E-state index is 0.000308. The Labute approximate surface area is 140 Å². The van der Waals surface area contributed by atoms with Crippen LogP contribution in [-0.2, 0) is 10.4 Å². The fraction of sp³-hybridized carbons (Fsp3) is 0.316. The molecular formula is C19H21NO2S. The number of benzene rings is 1. The second-order valence-electron chi connectivity index (χ2n) is 6.11. The molecule has 0 saturated carbocycles. The largest absolute Gasteiger partial charge is 0.385 e. The maximum atomic E-state index is 12.5. The summed E-state index contributed by atoms with van der Waals surface area (Å²) in [6.07, 6.45) is 3.11. The lowest BCUT2D eigenvalue weighted by atomic mass is 9.91. The number of hydrogen-bond donors (Lipinski definition) is 1. The zero-order valence-corrected chi connectivity index (χ0v) is 14.1. The van der Waals surface area contributed by atoms with Gasteiger partial charge in [0.1, 0.15) is 0 Å². The van der Waals surface area contributed by atoms with Crippen molar-refractivity contribution >= 4 is 22.8 Å². The summed E-state index contributed by atoms with van der Waals surface area (Å²) in [5.74, 6) is 0.000308. The summed E-state index contributed by atoms with van der Waals surface area (Å²) in [5.41, 5.74) is 0.967. The average Bonchev–Trinajstić information content (AvgIpc) is 3.10. The van der Waals surface area contributed by atoms with Gasteiger partial charge in [0.05, 0.1) is 12.0 Å². The molecular weight excluding hydrogens is 306 g/mol. The van der Waals surface area contributed by atoms with E-state index in [4.69, 9.17) is 0 Å². The van der Waals surface area contributed by atoms with E-state index in [0.717, 1.165) is 12.0 Å². The number of nitrogens with zero attached hydrogens (tertiary/aromatic N) is 1. The smallest absolute Gasteiger partial charge is 0.226 e. The van der Waals surface area contributed by atoms with E-state index in [2.05, 4.69) is 23.6 Å². The molecule has 1 unspecified atom stereocenters. The lowest BCUT2D eigenvalue weighted by Gasteiger charge is -2.30. The Balaban J connectivity index is 1.64. The highest BCUT2D eigenvalue weighted by Crippen LogP contribution is 2.28. The molecule has 2 heterocycles. The summed E-state index contributed by atoms with van der Waals surface area (Å²) in [5, 5.41) is 12.7. The standard InChI is InChI=1S/C19H21NO2S/c1-19(22,16-6-3-2-4-7-16)14-18(21)20-11-9-15(10-12-20)17-8-5-13-23-17/h2-9,13,22H,10-12,14H2,1H3. The molecule has 2 aromatic rings. The molecule has 120 valence electrons. The molecule has 1 atom stereocenters. The van der Waals surface area contributed by atoms with Crippen LogP contribution in [0.1, 0.15) is 30.2 Å². The first kappa shape index (κ1) is 16.0. The van der Waals surface area contributed by atoms with Gasteiger partial charge in [-0.1, -0.05) is 42.5 Å². The van der Waals surface area contributed by atoms with Crippen LogP contribution in [-0.4, -0.2) is 29.0 Å². The van der Waals surface area contributed by atoms with Gasteiger partial charge < -0.3 is 10.0 Å². The third-order valence-electron chi connectivity index (χ3n) is 4.29. The second kappa shape index (κ2) is 6.69. The van der Waals surface area contributed by atoms with E-state index >= 15 is 0 Å². The number of rotatable bonds is 4. The second-order valence-corrected chi connectivity index (χ2v) is 7.06. The van der Waals surface area contributed by atoms with Gasteiger partial charge >= 0.3 is 0 Å². The molecule has 1 aliphatic heterocycles. The van der Waals surface area contributed by atoms with Gasteiger partial charge in [-0.25, -0.2) is 0 Å². The first-order valence-electron chi connectivity index (χ1n) is 7.85. The van der Waals surface area contributed by atoms with Crippen molar-refractivity contribution in [2.75, 3.05) is 13.1 Å². The molecule has 0 spiro atoms. The topological polar surface area (TPSA) is 40.5 Å². The fourth-order valence-electron chi connectivity index (χ4n) is 2.89. The Morgan fingerprint density at radius 2 is 2.04 bits per heavy atom. The summed E-state index contributed by atoms with van der Waals surface area (Å²) < 4.78 is 0. The zero-order valence-electron chi connectivity index (χ0n) is 13.2. The van der Waals surface area contributed by atoms with Crippen molar-refractivity contribution in [3.63, 3.8) is 0 Å². The molecule has 23 heavy (non-hydrogen) atoms. The lowest BCUT2D eigenvalue weighted by Crippen LogP contribution is -2.38. The summed E-state index contributed by atoms with van der Waals surface area (Å²) >= 11 is 1.73. The monoisotopic (exact) mass is 327 g/mol. The van der Waals surface area contributed by atoms with E-state index in [9.17, 15) is 9.90 Å². The van der Waals surface area contributed by atoms with Gasteiger partial charge in [0.15, 0.2) is 0 Å². The van der Waals surface area contributed by atoms with Crippen molar-refractivity contribution in [2.24, 2.45) is 0 Å². The van der Waals surface area contributed by atoms with Crippen LogP contribution in [0.4, 0.5) is 0 Å². The quantitative estimate of drug-likeness (QED) is 0.931. The minimum Gasteiger partial charge on any atom is -0.385 e. The Kier molecular flexibility index (Phi) is 4.64. The third-order valence-corrected chi connectivity index (χ3v) is 5.24. The SMILES string of the molecule is CC(O)(CC(=O)N1CC=C(c2cccs2)CC1)c1ccccc1. The van der Waals surface area contributed by atoms with Gasteiger partial charge in [0, 0.05) is 18.0 Å². The maximum Gasteiger partial charge on any atom is 0.226 e. The highest BCUT2D eigenvalue weighted by molar-refractivity contribution is 7.11. The fourth-order valence-corrected chi connectivity index (χ4v) is 3.68. The Bertz CT molecular complexity index is 689. The first-order chi connectivity index (χ1) is 11.1. The average molecular weight is 327 g/mol. The molecule has 3 nitrogen and oxygen atoms in total. The predicted octanol–water partition coefficient (Wildman–Crippen LogP) is 3.66. The van der Waals surface area contributed by atoms with E-state index < -0.39 is 5.60 Å². The Hall–Kier alpha value is -1.91. The van der Waals surface area contributed by atoms with Crippen LogP contribution in [0.5, 0.6) is 0 Å². The van der Waals surface area contributed by atoms with Crippen molar-refractivity contribution < 1.29 is 9.90 Å². The number of carbonyl (C=O) groups excluding carboxylic acids is 1. The molecule has 3 rings (SSSR count). The van der Waals surface area contributed by atoms with Crippen molar-refractivity contribution in [1.29, 1.82) is 0 Å². The van der Waals surface area contributed by atoms with Crippen molar-refractivity contribution in [3.05, 3.63) is 64.4 Å². The van der Waals surface area contributed by atoms with Crippen LogP contribution in [0, 0.1) is 0 Å². The molecule has 0 aliphatic carbocycles. The third kappa shape index (κ3) is 3.71. The normalized spacial score (nSPS) is 17.5. The minimum atomic E-state index is -1.13. The number of aliphatic hydroxyl groups is 1. The van der Waals surface area contributed by atoms with E-state index in [1.165, 1.54) is 10.5 Å². The summed E-state index contributed by atoms with van der Waals surface area (Å²) in [4.78, 5) is 15.6. The Morgan fingerprint density at radius 3 is 2.65 bits per heavy atom. The molecule has 1 aromatic heterocycles. The highest BCUT2D eigenvalue weighted by atomic mass is 32.1. The summed E-state index contributed by atoms with van der Waals surface area (Å²) in [6, 6.07) is 13.6. The van der Waals surface area contributed by atoms with Crippen LogP contribution in [0.3, 0.4) is 0 Å². The molecule has 1 aliphatic rings. The van der Waals surface area contributed by atoms with E-state index in [1.54, 1.807) is 18.3 Å². The van der Waals surface area contributed by atoms with Gasteiger partial charge in [-0.15, -0.1) is 11.3 Å². The van der Waals surface area contributed by atoms with E-state index in [1.807, 2.05) is 35.2 Å². The summed E-state index contributed by atoms with van der Waals surface area (Å²) in [6.45, 7) is 3.04. The maximum absolute atomic E-state index is 12.5. The first-order valence-corrected chi connectivity index (χ1v) is 8.73. The van der Waals surface area contributed by atoms with Crippen LogP contribution >= 0.6 is 11.3 Å². The molecule has 4 heteroatoms. The van der Waals surface area contributed by atoms with Gasteiger partial charge in [-0.3, -0.25) is 4.79 Å². The summed E-state index contributed by atoms with van der Waals surface area (Å²) in [7, 11) is 0. The van der Waals surface area contributed by atoms with E-state index in [0.29, 0.717) is 13.1 Å². The van der Waals surface area contributed by atoms with Crippen LogP contribution < -0.4 is 0 Å². The zero-order chi connectivity index (χ0) is 16.3. The van der Waals surface area contributed by atoms with Gasteiger partial charge in [-0.2, -0.15) is 0 Å². The lowest BCUT2D eigenvalue weighted by molar-refractivity contribution is -0.135. The number of amides is 1. The van der Waals surface area contributed by atoms with Crippen molar-refractivity contribution in [1.82, 2.24) is 4.90 Å². The highest BCUT2D eigenvalue weighted by Gasteiger charge is 2.29. The molecule has 1 N–H and O–H groups in total. The molecule has 0 bridgehead atoms. The van der Waals surface area contributed by atoms with Crippen LogP contribution in [0.15, 0.2) is 53.9 Å². The van der Waals surface area contributed by atoms with Crippen LogP contribution in [0.25, 0.3) is 5.57 Å². The number of carbonyl (C=O) groups is 1. The van der Waals surface area contributed by atoms with Crippen LogP contribution in [0.2, 0.25) is 0 Å². The molecule has 0 radical (unpaired) electrons. The number of hydrogen-bond acceptors (Lipinski definition) is 3. The van der Waals surface area contributed by atoms with Crippen molar-refractivity contribution in [2.45, 2.75) is 25.4 Å².